The Bertz CT molecular complexity index is 987. The number of hydrogen-bond donors (Lipinski definition) is 1. The van der Waals surface area contributed by atoms with E-state index in [9.17, 15) is 13.2 Å². The molecule has 0 spiro atoms. The van der Waals surface area contributed by atoms with Crippen molar-refractivity contribution in [1.29, 1.82) is 0 Å². The quantitative estimate of drug-likeness (QED) is 0.717. The molecule has 4 rings (SSSR count). The van der Waals surface area contributed by atoms with Crippen LogP contribution in [0, 0.1) is 11.8 Å². The molecule has 2 aliphatic carbocycles. The van der Waals surface area contributed by atoms with Gasteiger partial charge in [-0.15, -0.1) is 0 Å². The first kappa shape index (κ1) is 20.9. The van der Waals surface area contributed by atoms with E-state index in [1.807, 2.05) is 12.1 Å². The van der Waals surface area contributed by atoms with Crippen molar-refractivity contribution >= 4 is 21.6 Å². The molecule has 6 heteroatoms. The number of nitrogens with one attached hydrogen (secondary N) is 1. The molecule has 0 radical (unpaired) electrons. The smallest absolute Gasteiger partial charge is 0.264 e. The van der Waals surface area contributed by atoms with E-state index in [1.165, 1.54) is 17.1 Å². The molecule has 0 saturated heterocycles. The number of nitrogens with zero attached hydrogens (tertiary/aromatic N) is 1. The van der Waals surface area contributed by atoms with Gasteiger partial charge in [-0.2, -0.15) is 0 Å². The first-order chi connectivity index (χ1) is 14.3. The lowest BCUT2D eigenvalue weighted by molar-refractivity contribution is -0.120. The SMILES string of the molecule is CC(C)c1ccc(N(CC(=O)N[C@H]2C[C@@H]3CC[C@@H]2C3)S(=O)(=O)c2ccccc2)cc1. The van der Waals surface area contributed by atoms with Crippen LogP contribution in [0.15, 0.2) is 59.5 Å². The number of hydrogen-bond acceptors (Lipinski definition) is 3. The van der Waals surface area contributed by atoms with Gasteiger partial charge in [-0.3, -0.25) is 9.10 Å². The Balaban J connectivity index is 1.59. The fourth-order valence-corrected chi connectivity index (χ4v) is 6.31. The standard InChI is InChI=1S/C24H30N2O3S/c1-17(2)19-10-12-21(13-11-19)26(30(28,29)22-6-4-3-5-7-22)16-24(27)25-23-15-18-8-9-20(23)14-18/h3-7,10-13,17-18,20,23H,8-9,14-16H2,1-2H3,(H,25,27)/t18-,20-,23+/m1/s1. The van der Waals surface area contributed by atoms with E-state index >= 15 is 0 Å². The van der Waals surface area contributed by atoms with Crippen LogP contribution in [0.2, 0.25) is 0 Å². The highest BCUT2D eigenvalue weighted by Gasteiger charge is 2.40. The molecule has 2 aromatic rings. The first-order valence-corrected chi connectivity index (χ1v) is 12.3. The molecule has 160 valence electrons. The van der Waals surface area contributed by atoms with E-state index in [-0.39, 0.29) is 23.4 Å². The van der Waals surface area contributed by atoms with Crippen LogP contribution in [-0.4, -0.2) is 26.9 Å². The number of fused-ring (bicyclic) bond motifs is 2. The van der Waals surface area contributed by atoms with Gasteiger partial charge in [0, 0.05) is 6.04 Å². The summed E-state index contributed by atoms with van der Waals surface area (Å²) in [5.41, 5.74) is 1.63. The highest BCUT2D eigenvalue weighted by Crippen LogP contribution is 2.44. The Morgan fingerprint density at radius 3 is 2.30 bits per heavy atom. The first-order valence-electron chi connectivity index (χ1n) is 10.8. The summed E-state index contributed by atoms with van der Waals surface area (Å²) in [6, 6.07) is 15.9. The molecule has 30 heavy (non-hydrogen) atoms. The molecule has 0 aromatic heterocycles. The third-order valence-electron chi connectivity index (χ3n) is 6.55. The molecule has 2 fully saturated rings. The molecule has 0 unspecified atom stereocenters. The summed E-state index contributed by atoms with van der Waals surface area (Å²) in [5.74, 6) is 1.37. The van der Waals surface area contributed by atoms with E-state index in [4.69, 9.17) is 0 Å². The molecule has 2 aliphatic rings. The number of carbonyl (C=O) groups excluding carboxylic acids is 1. The Hall–Kier alpha value is -2.34. The van der Waals surface area contributed by atoms with Crippen molar-refractivity contribution < 1.29 is 13.2 Å². The Labute approximate surface area is 179 Å². The van der Waals surface area contributed by atoms with Gasteiger partial charge in [0.05, 0.1) is 10.6 Å². The summed E-state index contributed by atoms with van der Waals surface area (Å²) < 4.78 is 28.0. The van der Waals surface area contributed by atoms with Crippen molar-refractivity contribution in [2.75, 3.05) is 10.8 Å². The second kappa shape index (κ2) is 8.42. The van der Waals surface area contributed by atoms with Crippen LogP contribution in [0.25, 0.3) is 0 Å². The lowest BCUT2D eigenvalue weighted by Gasteiger charge is -2.27. The highest BCUT2D eigenvalue weighted by atomic mass is 32.2. The van der Waals surface area contributed by atoms with Gasteiger partial charge in [0.15, 0.2) is 0 Å². The van der Waals surface area contributed by atoms with Gasteiger partial charge in [0.2, 0.25) is 5.91 Å². The van der Waals surface area contributed by atoms with E-state index in [1.54, 1.807) is 42.5 Å². The van der Waals surface area contributed by atoms with E-state index in [0.717, 1.165) is 18.4 Å². The zero-order valence-electron chi connectivity index (χ0n) is 17.6. The Morgan fingerprint density at radius 1 is 1.03 bits per heavy atom. The lowest BCUT2D eigenvalue weighted by atomic mass is 9.95. The second-order valence-electron chi connectivity index (χ2n) is 8.92. The summed E-state index contributed by atoms with van der Waals surface area (Å²) >= 11 is 0. The van der Waals surface area contributed by atoms with Crippen molar-refractivity contribution in [3.63, 3.8) is 0 Å². The molecular formula is C24H30N2O3S. The number of anilines is 1. The predicted octanol–water partition coefficient (Wildman–Crippen LogP) is 4.31. The summed E-state index contributed by atoms with van der Waals surface area (Å²) in [7, 11) is -3.85. The van der Waals surface area contributed by atoms with Gasteiger partial charge >= 0.3 is 0 Å². The van der Waals surface area contributed by atoms with Crippen LogP contribution >= 0.6 is 0 Å². The zero-order chi connectivity index (χ0) is 21.3. The lowest BCUT2D eigenvalue weighted by Crippen LogP contribution is -2.46. The van der Waals surface area contributed by atoms with Crippen LogP contribution in [-0.2, 0) is 14.8 Å². The summed E-state index contributed by atoms with van der Waals surface area (Å²) in [6.07, 6.45) is 4.63. The average molecular weight is 427 g/mol. The van der Waals surface area contributed by atoms with E-state index < -0.39 is 10.0 Å². The summed E-state index contributed by atoms with van der Waals surface area (Å²) in [5, 5.41) is 3.12. The van der Waals surface area contributed by atoms with Crippen molar-refractivity contribution in [2.24, 2.45) is 11.8 Å². The average Bonchev–Trinajstić information content (AvgIpc) is 3.36. The normalized spacial score (nSPS) is 23.0. The molecule has 5 nitrogen and oxygen atoms in total. The molecule has 1 N–H and O–H groups in total. The van der Waals surface area contributed by atoms with Crippen LogP contribution in [0.1, 0.15) is 51.0 Å². The fraction of sp³-hybridized carbons (Fsp3) is 0.458. The van der Waals surface area contributed by atoms with Crippen LogP contribution in [0.3, 0.4) is 0 Å². The van der Waals surface area contributed by atoms with Crippen molar-refractivity contribution in [3.05, 3.63) is 60.2 Å². The molecule has 2 aromatic carbocycles. The Kier molecular flexibility index (Phi) is 5.87. The molecule has 3 atom stereocenters. The third-order valence-corrected chi connectivity index (χ3v) is 8.34. The number of sulfonamides is 1. The minimum atomic E-state index is -3.85. The number of amides is 1. The number of rotatable bonds is 7. The van der Waals surface area contributed by atoms with Crippen LogP contribution in [0.4, 0.5) is 5.69 Å². The van der Waals surface area contributed by atoms with Gasteiger partial charge < -0.3 is 5.32 Å². The predicted molar refractivity (Wildman–Crippen MR) is 119 cm³/mol. The fourth-order valence-electron chi connectivity index (χ4n) is 4.86. The van der Waals surface area contributed by atoms with Crippen molar-refractivity contribution in [2.45, 2.75) is 56.4 Å². The van der Waals surface area contributed by atoms with E-state index in [2.05, 4.69) is 19.2 Å². The molecule has 0 heterocycles. The monoisotopic (exact) mass is 426 g/mol. The Morgan fingerprint density at radius 2 is 1.73 bits per heavy atom. The zero-order valence-corrected chi connectivity index (χ0v) is 18.4. The molecule has 2 saturated carbocycles. The minimum Gasteiger partial charge on any atom is -0.352 e. The maximum atomic E-state index is 13.4. The van der Waals surface area contributed by atoms with Gasteiger partial charge in [0.1, 0.15) is 6.54 Å². The molecular weight excluding hydrogens is 396 g/mol. The molecule has 1 amide bonds. The minimum absolute atomic E-state index is 0.181. The van der Waals surface area contributed by atoms with Gasteiger partial charge in [0.25, 0.3) is 10.0 Å². The second-order valence-corrected chi connectivity index (χ2v) is 10.8. The van der Waals surface area contributed by atoms with Crippen LogP contribution in [0.5, 0.6) is 0 Å². The van der Waals surface area contributed by atoms with Crippen LogP contribution < -0.4 is 9.62 Å². The largest absolute Gasteiger partial charge is 0.352 e. The third kappa shape index (κ3) is 4.24. The van der Waals surface area contributed by atoms with Gasteiger partial charge in [-0.1, -0.05) is 50.6 Å². The molecule has 2 bridgehead atoms. The summed E-state index contributed by atoms with van der Waals surface area (Å²) in [6.45, 7) is 3.97. The number of carbonyl (C=O) groups is 1. The molecule has 0 aliphatic heterocycles. The number of benzene rings is 2. The maximum absolute atomic E-state index is 13.4. The highest BCUT2D eigenvalue weighted by molar-refractivity contribution is 7.92. The summed E-state index contributed by atoms with van der Waals surface area (Å²) in [4.78, 5) is 13.1. The van der Waals surface area contributed by atoms with Gasteiger partial charge in [-0.25, -0.2) is 8.42 Å². The van der Waals surface area contributed by atoms with Crippen molar-refractivity contribution in [1.82, 2.24) is 5.32 Å². The maximum Gasteiger partial charge on any atom is 0.264 e. The van der Waals surface area contributed by atoms with Crippen molar-refractivity contribution in [3.8, 4) is 0 Å². The topological polar surface area (TPSA) is 66.5 Å². The van der Waals surface area contributed by atoms with E-state index in [0.29, 0.717) is 23.4 Å². The van der Waals surface area contributed by atoms with Gasteiger partial charge in [-0.05, 0) is 66.8 Å².